The molecule has 1 saturated heterocycles. The Morgan fingerprint density at radius 3 is 2.80 bits per heavy atom. The van der Waals surface area contributed by atoms with Crippen LogP contribution in [0.4, 0.5) is 5.69 Å². The van der Waals surface area contributed by atoms with Crippen molar-refractivity contribution in [1.29, 1.82) is 0 Å². The smallest absolute Gasteiger partial charge is 0.0594 e. The van der Waals surface area contributed by atoms with Crippen molar-refractivity contribution >= 4 is 21.6 Å². The van der Waals surface area contributed by atoms with E-state index in [1.807, 2.05) is 12.1 Å². The molecule has 1 heterocycles. The van der Waals surface area contributed by atoms with Crippen LogP contribution in [-0.2, 0) is 11.3 Å². The highest BCUT2D eigenvalue weighted by atomic mass is 79.9. The van der Waals surface area contributed by atoms with Gasteiger partial charge in [0, 0.05) is 29.8 Å². The van der Waals surface area contributed by atoms with Crippen molar-refractivity contribution in [3.63, 3.8) is 0 Å². The summed E-state index contributed by atoms with van der Waals surface area (Å²) < 4.78 is 6.39. The van der Waals surface area contributed by atoms with Crippen molar-refractivity contribution in [2.75, 3.05) is 32.0 Å². The van der Waals surface area contributed by atoms with E-state index >= 15 is 0 Å². The van der Waals surface area contributed by atoms with Gasteiger partial charge in [-0.25, -0.2) is 0 Å². The molecular weight excluding hydrogens is 256 g/mol. The maximum absolute atomic E-state index is 5.93. The van der Waals surface area contributed by atoms with Crippen LogP contribution in [0.1, 0.15) is 5.56 Å². The van der Waals surface area contributed by atoms with Crippen LogP contribution in [0.2, 0.25) is 0 Å². The zero-order valence-electron chi connectivity index (χ0n) is 8.58. The first kappa shape index (κ1) is 10.9. The van der Waals surface area contributed by atoms with Crippen molar-refractivity contribution in [1.82, 2.24) is 4.90 Å². The van der Waals surface area contributed by atoms with Crippen molar-refractivity contribution in [3.8, 4) is 0 Å². The molecule has 2 rings (SSSR count). The topological polar surface area (TPSA) is 38.5 Å². The highest BCUT2D eigenvalue weighted by Crippen LogP contribution is 2.20. The number of nitrogen functional groups attached to an aromatic ring is 1. The number of nitrogens with two attached hydrogens (primary N) is 1. The maximum Gasteiger partial charge on any atom is 0.0594 e. The van der Waals surface area contributed by atoms with Crippen molar-refractivity contribution in [2.24, 2.45) is 0 Å². The van der Waals surface area contributed by atoms with Gasteiger partial charge in [0.25, 0.3) is 0 Å². The van der Waals surface area contributed by atoms with Gasteiger partial charge in [0.2, 0.25) is 0 Å². The zero-order chi connectivity index (χ0) is 10.7. The van der Waals surface area contributed by atoms with E-state index in [-0.39, 0.29) is 0 Å². The van der Waals surface area contributed by atoms with Crippen LogP contribution in [0.25, 0.3) is 0 Å². The van der Waals surface area contributed by atoms with Gasteiger partial charge in [-0.3, -0.25) is 4.90 Å². The molecule has 1 aromatic carbocycles. The summed E-state index contributed by atoms with van der Waals surface area (Å²) in [4.78, 5) is 2.36. The fraction of sp³-hybridized carbons (Fsp3) is 0.455. The second-order valence-electron chi connectivity index (χ2n) is 3.73. The van der Waals surface area contributed by atoms with Gasteiger partial charge in [-0.1, -0.05) is 15.9 Å². The van der Waals surface area contributed by atoms with Crippen molar-refractivity contribution in [2.45, 2.75) is 6.54 Å². The number of morpholine rings is 1. The number of nitrogens with zero attached hydrogens (tertiary/aromatic N) is 1. The highest BCUT2D eigenvalue weighted by Gasteiger charge is 2.12. The molecule has 0 atom stereocenters. The molecule has 0 bridgehead atoms. The Morgan fingerprint density at radius 1 is 1.33 bits per heavy atom. The molecule has 2 N–H and O–H groups in total. The average Bonchev–Trinajstić information content (AvgIpc) is 2.25. The number of rotatable bonds is 2. The van der Waals surface area contributed by atoms with Crippen LogP contribution in [0.5, 0.6) is 0 Å². The number of hydrogen-bond acceptors (Lipinski definition) is 3. The van der Waals surface area contributed by atoms with E-state index in [9.17, 15) is 0 Å². The number of halogens is 1. The van der Waals surface area contributed by atoms with Gasteiger partial charge in [-0.05, 0) is 23.8 Å². The SMILES string of the molecule is Nc1ccc(Br)cc1CN1CCOCC1. The molecule has 1 aliphatic rings. The van der Waals surface area contributed by atoms with Crippen LogP contribution in [0, 0.1) is 0 Å². The fourth-order valence-electron chi connectivity index (χ4n) is 1.71. The summed E-state index contributed by atoms with van der Waals surface area (Å²) >= 11 is 3.46. The van der Waals surface area contributed by atoms with Gasteiger partial charge in [0.15, 0.2) is 0 Å². The first-order valence-corrected chi connectivity index (χ1v) is 5.89. The quantitative estimate of drug-likeness (QED) is 0.834. The van der Waals surface area contributed by atoms with Crippen LogP contribution in [0.15, 0.2) is 22.7 Å². The van der Waals surface area contributed by atoms with E-state index in [2.05, 4.69) is 26.9 Å². The largest absolute Gasteiger partial charge is 0.398 e. The molecule has 0 radical (unpaired) electrons. The van der Waals surface area contributed by atoms with Crippen molar-refractivity contribution < 1.29 is 4.74 Å². The van der Waals surface area contributed by atoms with Gasteiger partial charge in [-0.2, -0.15) is 0 Å². The number of ether oxygens (including phenoxy) is 1. The Balaban J connectivity index is 2.05. The molecule has 0 amide bonds. The van der Waals surface area contributed by atoms with E-state index < -0.39 is 0 Å². The highest BCUT2D eigenvalue weighted by molar-refractivity contribution is 9.10. The van der Waals surface area contributed by atoms with E-state index in [4.69, 9.17) is 10.5 Å². The van der Waals surface area contributed by atoms with Crippen LogP contribution in [-0.4, -0.2) is 31.2 Å². The van der Waals surface area contributed by atoms with E-state index in [1.54, 1.807) is 0 Å². The zero-order valence-corrected chi connectivity index (χ0v) is 10.2. The Kier molecular flexibility index (Phi) is 3.61. The average molecular weight is 271 g/mol. The number of anilines is 1. The van der Waals surface area contributed by atoms with Gasteiger partial charge >= 0.3 is 0 Å². The van der Waals surface area contributed by atoms with Gasteiger partial charge in [-0.15, -0.1) is 0 Å². The minimum absolute atomic E-state index is 0.827. The maximum atomic E-state index is 5.93. The molecule has 1 aromatic rings. The Morgan fingerprint density at radius 2 is 2.07 bits per heavy atom. The third-order valence-electron chi connectivity index (χ3n) is 2.60. The lowest BCUT2D eigenvalue weighted by Crippen LogP contribution is -2.35. The van der Waals surface area contributed by atoms with Gasteiger partial charge < -0.3 is 10.5 Å². The van der Waals surface area contributed by atoms with E-state index in [0.29, 0.717) is 0 Å². The third-order valence-corrected chi connectivity index (χ3v) is 3.10. The van der Waals surface area contributed by atoms with Crippen LogP contribution in [0.3, 0.4) is 0 Å². The second kappa shape index (κ2) is 4.96. The summed E-state index contributed by atoms with van der Waals surface area (Å²) in [5.74, 6) is 0. The minimum Gasteiger partial charge on any atom is -0.398 e. The monoisotopic (exact) mass is 270 g/mol. The summed E-state index contributed by atoms with van der Waals surface area (Å²) in [5, 5.41) is 0. The number of hydrogen-bond donors (Lipinski definition) is 1. The molecule has 4 heteroatoms. The summed E-state index contributed by atoms with van der Waals surface area (Å²) in [6.07, 6.45) is 0. The fourth-order valence-corrected chi connectivity index (χ4v) is 2.12. The first-order valence-electron chi connectivity index (χ1n) is 5.10. The Labute approximate surface area is 98.3 Å². The van der Waals surface area contributed by atoms with Crippen LogP contribution < -0.4 is 5.73 Å². The molecule has 0 unspecified atom stereocenters. The molecule has 0 spiro atoms. The second-order valence-corrected chi connectivity index (χ2v) is 4.65. The molecule has 3 nitrogen and oxygen atoms in total. The van der Waals surface area contributed by atoms with Crippen molar-refractivity contribution in [3.05, 3.63) is 28.2 Å². The van der Waals surface area contributed by atoms with E-state index in [1.165, 1.54) is 5.56 Å². The first-order chi connectivity index (χ1) is 7.25. The molecule has 0 aliphatic carbocycles. The predicted octanol–water partition coefficient (Wildman–Crippen LogP) is 1.86. The summed E-state index contributed by atoms with van der Waals surface area (Å²) in [5.41, 5.74) is 7.98. The molecule has 1 aliphatic heterocycles. The lowest BCUT2D eigenvalue weighted by molar-refractivity contribution is 0.0343. The standard InChI is InChI=1S/C11H15BrN2O/c12-10-1-2-11(13)9(7-10)8-14-3-5-15-6-4-14/h1-2,7H,3-6,8,13H2. The molecule has 1 fully saturated rings. The van der Waals surface area contributed by atoms with Gasteiger partial charge in [0.1, 0.15) is 0 Å². The minimum atomic E-state index is 0.827. The lowest BCUT2D eigenvalue weighted by atomic mass is 10.1. The summed E-state index contributed by atoms with van der Waals surface area (Å²) in [6, 6.07) is 6.00. The Hall–Kier alpha value is -0.580. The Bertz CT molecular complexity index is 337. The van der Waals surface area contributed by atoms with Crippen LogP contribution >= 0.6 is 15.9 Å². The molecular formula is C11H15BrN2O. The molecule has 0 saturated carbocycles. The lowest BCUT2D eigenvalue weighted by Gasteiger charge is -2.27. The molecule has 0 aromatic heterocycles. The molecule has 82 valence electrons. The normalized spacial score (nSPS) is 17.9. The summed E-state index contributed by atoms with van der Waals surface area (Å²) in [6.45, 7) is 4.55. The predicted molar refractivity (Wildman–Crippen MR) is 64.7 cm³/mol. The summed E-state index contributed by atoms with van der Waals surface area (Å²) in [7, 11) is 0. The third kappa shape index (κ3) is 2.93. The van der Waals surface area contributed by atoms with E-state index in [0.717, 1.165) is 43.0 Å². The number of benzene rings is 1. The molecule has 15 heavy (non-hydrogen) atoms. The van der Waals surface area contributed by atoms with Gasteiger partial charge in [0.05, 0.1) is 13.2 Å².